The Kier molecular flexibility index (Phi) is 6.43. The lowest BCUT2D eigenvalue weighted by Crippen LogP contribution is -2.42. The molecule has 1 aromatic heterocycles. The van der Waals surface area contributed by atoms with Gasteiger partial charge < -0.3 is 24.9 Å². The molecule has 3 N–H and O–H groups in total. The fourth-order valence-electron chi connectivity index (χ4n) is 4.80. The van der Waals surface area contributed by atoms with Crippen molar-refractivity contribution in [2.75, 3.05) is 36.9 Å². The first-order valence-corrected chi connectivity index (χ1v) is 13.6. The van der Waals surface area contributed by atoms with E-state index in [4.69, 9.17) is 9.47 Å². The zero-order valence-corrected chi connectivity index (χ0v) is 20.4. The Balaban J connectivity index is 1.16. The molecule has 1 aliphatic carbocycles. The van der Waals surface area contributed by atoms with Crippen LogP contribution in [0.25, 0.3) is 10.9 Å². The van der Waals surface area contributed by atoms with Crippen LogP contribution in [-0.4, -0.2) is 57.0 Å². The number of aliphatic hydroxyl groups excluding tert-OH is 1. The van der Waals surface area contributed by atoms with Crippen molar-refractivity contribution in [3.05, 3.63) is 53.2 Å². The Labute approximate surface area is 204 Å². The average molecular weight is 500 g/mol. The molecule has 5 rings (SSSR count). The number of sulfonamides is 1. The number of nitrogens with zero attached hydrogens (tertiary/aromatic N) is 1. The van der Waals surface area contributed by atoms with E-state index in [1.807, 2.05) is 12.1 Å². The molecule has 2 aromatic carbocycles. The molecule has 1 atom stereocenters. The predicted octanol–water partition coefficient (Wildman–Crippen LogP) is 2.43. The van der Waals surface area contributed by atoms with Gasteiger partial charge in [-0.05, 0) is 61.1 Å². The van der Waals surface area contributed by atoms with Gasteiger partial charge >= 0.3 is 0 Å². The van der Waals surface area contributed by atoms with Crippen molar-refractivity contribution in [2.45, 2.75) is 31.8 Å². The highest BCUT2D eigenvalue weighted by Crippen LogP contribution is 2.36. The molecule has 186 valence electrons. The standard InChI is InChI=1S/C25H29N3O6S/c1-35(31,32)28-22-12-16(6-9-24(22)34-15-25(28)30)23(29)14-26-10-11-33-17-7-8-19-18-4-2-3-5-20(18)27-21(19)13-17/h6-9,12-13,23,26-27,29H,2-5,10-11,14-15H2,1H3. The highest BCUT2D eigenvalue weighted by Gasteiger charge is 2.33. The fourth-order valence-corrected chi connectivity index (χ4v) is 5.72. The van der Waals surface area contributed by atoms with Gasteiger partial charge in [-0.15, -0.1) is 0 Å². The van der Waals surface area contributed by atoms with Gasteiger partial charge in [0.25, 0.3) is 5.91 Å². The quantitative estimate of drug-likeness (QED) is 0.407. The summed E-state index contributed by atoms with van der Waals surface area (Å²) in [5.74, 6) is 0.408. The second kappa shape index (κ2) is 9.52. The van der Waals surface area contributed by atoms with E-state index >= 15 is 0 Å². The molecule has 35 heavy (non-hydrogen) atoms. The fraction of sp³-hybridized carbons (Fsp3) is 0.400. The highest BCUT2D eigenvalue weighted by molar-refractivity contribution is 7.92. The Bertz CT molecular complexity index is 1370. The Morgan fingerprint density at radius 2 is 2.03 bits per heavy atom. The van der Waals surface area contributed by atoms with Crippen LogP contribution in [0.15, 0.2) is 36.4 Å². The number of amides is 1. The number of fused-ring (bicyclic) bond motifs is 4. The van der Waals surface area contributed by atoms with Gasteiger partial charge in [-0.1, -0.05) is 6.07 Å². The summed E-state index contributed by atoms with van der Waals surface area (Å²) in [5, 5.41) is 15.0. The number of benzene rings is 2. The molecule has 0 fully saturated rings. The van der Waals surface area contributed by atoms with Crippen LogP contribution < -0.4 is 19.1 Å². The van der Waals surface area contributed by atoms with Gasteiger partial charge in [0.2, 0.25) is 10.0 Å². The van der Waals surface area contributed by atoms with Crippen molar-refractivity contribution in [3.63, 3.8) is 0 Å². The number of nitrogens with one attached hydrogen (secondary N) is 2. The number of rotatable bonds is 8. The van der Waals surface area contributed by atoms with Gasteiger partial charge in [0.15, 0.2) is 6.61 Å². The number of hydrogen-bond acceptors (Lipinski definition) is 7. The topological polar surface area (TPSA) is 121 Å². The molecule has 1 unspecified atom stereocenters. The van der Waals surface area contributed by atoms with Gasteiger partial charge in [0.05, 0.1) is 12.4 Å². The SMILES string of the molecule is CS(=O)(=O)N1C(=O)COc2ccc(C(O)CNCCOc3ccc4c5c([nH]c4c3)CCCC5)cc21. The Morgan fingerprint density at radius 3 is 2.86 bits per heavy atom. The number of carbonyl (C=O) groups is 1. The first-order valence-electron chi connectivity index (χ1n) is 11.8. The molecule has 0 saturated carbocycles. The second-order valence-electron chi connectivity index (χ2n) is 9.00. The molecule has 1 aliphatic heterocycles. The first kappa shape index (κ1) is 23.7. The van der Waals surface area contributed by atoms with E-state index in [0.717, 1.165) is 34.7 Å². The van der Waals surface area contributed by atoms with E-state index < -0.39 is 22.0 Å². The Morgan fingerprint density at radius 1 is 1.20 bits per heavy atom. The number of anilines is 1. The maximum atomic E-state index is 12.1. The van der Waals surface area contributed by atoms with Crippen LogP contribution in [0, 0.1) is 0 Å². The lowest BCUT2D eigenvalue weighted by molar-refractivity contribution is -0.120. The van der Waals surface area contributed by atoms with Crippen molar-refractivity contribution < 1.29 is 27.8 Å². The lowest BCUT2D eigenvalue weighted by Gasteiger charge is -2.28. The zero-order chi connectivity index (χ0) is 24.6. The normalized spacial score (nSPS) is 16.5. The summed E-state index contributed by atoms with van der Waals surface area (Å²) in [5.41, 5.74) is 4.48. The van der Waals surface area contributed by atoms with Gasteiger partial charge in [-0.2, -0.15) is 0 Å². The molecule has 3 aromatic rings. The summed E-state index contributed by atoms with van der Waals surface area (Å²) in [6, 6.07) is 10.8. The summed E-state index contributed by atoms with van der Waals surface area (Å²) in [6.45, 7) is 0.826. The molecular weight excluding hydrogens is 470 g/mol. The number of aliphatic hydroxyl groups is 1. The summed E-state index contributed by atoms with van der Waals surface area (Å²) in [4.78, 5) is 15.6. The largest absolute Gasteiger partial charge is 0.492 e. The third kappa shape index (κ3) is 4.86. The zero-order valence-electron chi connectivity index (χ0n) is 19.5. The minimum atomic E-state index is -3.81. The summed E-state index contributed by atoms with van der Waals surface area (Å²) in [7, 11) is -3.81. The monoisotopic (exact) mass is 499 g/mol. The molecule has 1 amide bonds. The second-order valence-corrected chi connectivity index (χ2v) is 10.8. The van der Waals surface area contributed by atoms with E-state index in [0.29, 0.717) is 18.7 Å². The predicted molar refractivity (Wildman–Crippen MR) is 133 cm³/mol. The third-order valence-electron chi connectivity index (χ3n) is 6.45. The van der Waals surface area contributed by atoms with E-state index in [2.05, 4.69) is 16.4 Å². The van der Waals surface area contributed by atoms with Crippen LogP contribution in [0.2, 0.25) is 0 Å². The van der Waals surface area contributed by atoms with Crippen LogP contribution in [0.1, 0.15) is 35.8 Å². The van der Waals surface area contributed by atoms with E-state index in [9.17, 15) is 18.3 Å². The highest BCUT2D eigenvalue weighted by atomic mass is 32.2. The number of aromatic amines is 1. The van der Waals surface area contributed by atoms with Crippen LogP contribution in [0.3, 0.4) is 0 Å². The molecule has 2 aliphatic rings. The van der Waals surface area contributed by atoms with Gasteiger partial charge in [-0.3, -0.25) is 4.79 Å². The summed E-state index contributed by atoms with van der Waals surface area (Å²) >= 11 is 0. The molecule has 10 heteroatoms. The molecule has 9 nitrogen and oxygen atoms in total. The molecule has 0 spiro atoms. The van der Waals surface area contributed by atoms with Crippen molar-refractivity contribution in [1.29, 1.82) is 0 Å². The summed E-state index contributed by atoms with van der Waals surface area (Å²) < 4.78 is 36.1. The lowest BCUT2D eigenvalue weighted by atomic mass is 9.96. The molecular formula is C25H29N3O6S. The number of H-pyrrole nitrogens is 1. The molecule has 0 saturated heterocycles. The first-order chi connectivity index (χ1) is 16.8. The Hall–Kier alpha value is -3.08. The maximum Gasteiger partial charge on any atom is 0.278 e. The third-order valence-corrected chi connectivity index (χ3v) is 7.51. The van der Waals surface area contributed by atoms with Crippen molar-refractivity contribution >= 4 is 32.5 Å². The summed E-state index contributed by atoms with van der Waals surface area (Å²) in [6.07, 6.45) is 4.76. The minimum absolute atomic E-state index is 0.116. The molecule has 0 bridgehead atoms. The van der Waals surface area contributed by atoms with E-state index in [-0.39, 0.29) is 24.6 Å². The number of hydrogen-bond donors (Lipinski definition) is 3. The maximum absolute atomic E-state index is 12.1. The number of aryl methyl sites for hydroxylation is 2. The van der Waals surface area contributed by atoms with E-state index in [1.165, 1.54) is 35.6 Å². The van der Waals surface area contributed by atoms with Crippen LogP contribution in [0.5, 0.6) is 11.5 Å². The van der Waals surface area contributed by atoms with Crippen molar-refractivity contribution in [3.8, 4) is 11.5 Å². The van der Waals surface area contributed by atoms with Crippen molar-refractivity contribution in [1.82, 2.24) is 10.3 Å². The minimum Gasteiger partial charge on any atom is -0.492 e. The molecule has 0 radical (unpaired) electrons. The van der Waals surface area contributed by atoms with Crippen molar-refractivity contribution in [2.24, 2.45) is 0 Å². The van der Waals surface area contributed by atoms with Gasteiger partial charge in [-0.25, -0.2) is 12.7 Å². The number of carbonyl (C=O) groups excluding carboxylic acids is 1. The smallest absolute Gasteiger partial charge is 0.278 e. The van der Waals surface area contributed by atoms with Gasteiger partial charge in [0.1, 0.15) is 23.8 Å². The van der Waals surface area contributed by atoms with Gasteiger partial charge in [0, 0.05) is 35.8 Å². The van der Waals surface area contributed by atoms with Crippen LogP contribution in [-0.2, 0) is 27.7 Å². The van der Waals surface area contributed by atoms with Crippen LogP contribution >= 0.6 is 0 Å². The number of ether oxygens (including phenoxy) is 2. The molecule has 2 heterocycles. The van der Waals surface area contributed by atoms with Crippen LogP contribution in [0.4, 0.5) is 5.69 Å². The van der Waals surface area contributed by atoms with E-state index in [1.54, 1.807) is 12.1 Å². The number of aromatic nitrogens is 1. The average Bonchev–Trinajstić information content (AvgIpc) is 3.20.